The van der Waals surface area contributed by atoms with Gasteiger partial charge in [-0.15, -0.1) is 0 Å². The summed E-state index contributed by atoms with van der Waals surface area (Å²) in [7, 11) is 10.9. The predicted molar refractivity (Wildman–Crippen MR) is 381 cm³/mol. The molecule has 4 aliphatic carbocycles. The van der Waals surface area contributed by atoms with Crippen LogP contribution in [0.25, 0.3) is 0 Å². The first-order valence-corrected chi connectivity index (χ1v) is 38.8. The SMILES string of the molecule is CCO[C@@H]1C[C@H]2C(=O)NC3(CCCC3)C(=O)N(C)[C@@H](C3CCCC3)C(=O)N(C)[C@H](C(=O)N(C)C)CC(=O)N(C)[C@@H](CC)C(=O)N[C@@H]([C@@H](C)CC)C(=O)N(C)CC(=O)N(C)[C@H]3C[C@H](C)C(C)CN(C3=O)[C@@H](CC3CCC(C(F)(F)F)CC3)C(=O)N(C)CC(=O)N[C@@H](CCC3CC(F)C(C(F)(F)F)C(F)C3)C(=O)N2C1. The Bertz CT molecular complexity index is 3190. The van der Waals surface area contributed by atoms with Crippen molar-refractivity contribution in [2.75, 3.05) is 89.2 Å². The summed E-state index contributed by atoms with van der Waals surface area (Å²) in [4.78, 5) is 192. The van der Waals surface area contributed by atoms with Gasteiger partial charge in [-0.1, -0.05) is 66.7 Å². The van der Waals surface area contributed by atoms with E-state index in [-0.39, 0.29) is 102 Å². The summed E-state index contributed by atoms with van der Waals surface area (Å²) >= 11 is 0. The van der Waals surface area contributed by atoms with Crippen LogP contribution < -0.4 is 16.0 Å². The largest absolute Gasteiger partial charge is 0.397 e. The van der Waals surface area contributed by atoms with E-state index >= 15 is 37.5 Å². The quantitative estimate of drug-likeness (QED) is 0.178. The number of rotatable bonds is 12. The van der Waals surface area contributed by atoms with Crippen molar-refractivity contribution in [3.05, 3.63) is 0 Å². The first-order valence-electron chi connectivity index (χ1n) is 38.8. The van der Waals surface area contributed by atoms with Crippen LogP contribution in [0, 0.1) is 47.3 Å². The van der Waals surface area contributed by atoms with E-state index in [0.29, 0.717) is 44.9 Å². The fourth-order valence-electron chi connectivity index (χ4n) is 17.7. The maximum Gasteiger partial charge on any atom is 0.397 e. The minimum atomic E-state index is -5.22. The van der Waals surface area contributed by atoms with Crippen molar-refractivity contribution in [2.24, 2.45) is 47.3 Å². The molecule has 4 saturated carbocycles. The van der Waals surface area contributed by atoms with Crippen LogP contribution >= 0.6 is 0 Å². The van der Waals surface area contributed by atoms with Crippen LogP contribution in [0.3, 0.4) is 0 Å². The molecule has 2 bridgehead atoms. The second-order valence-corrected chi connectivity index (χ2v) is 32.4. The Balaban J connectivity index is 1.33. The van der Waals surface area contributed by atoms with Gasteiger partial charge in [0.05, 0.1) is 31.5 Å². The van der Waals surface area contributed by atoms with E-state index in [4.69, 9.17) is 4.74 Å². The number of ether oxygens (including phenoxy) is 1. The summed E-state index contributed by atoms with van der Waals surface area (Å²) in [5, 5.41) is 8.45. The van der Waals surface area contributed by atoms with Gasteiger partial charge in [-0.3, -0.25) is 57.5 Å². The minimum absolute atomic E-state index is 0.0000623. The number of amides is 12. The standard InChI is InChI=1S/C75H118F8N12O13/c1-15-42(4)62-70(105)89(10)41-60(98)91(12)55-32-43(5)44(6)38-94(69(55)104)57(35-45-24-27-48(28-25-45)74(78,79)80)68(103)88(9)40-58(96)84-52(29-26-46-33-50(76)61(51(77)34-46)75(81,82)83)66(101)95-39-49(108-17-3)36-54(95)65(100)86-73(30-20-21-31-73)72(107)93(14)63(47-22-18-19-23-47)71(106)92(13)56(67(102)87(7)8)37-59(97)90(11)53(16-2)64(99)85-62/h42-57,61-63H,15-41H2,1-14H3,(H,84,96)(H,85,99)(H,86,100)/t42-,43-,44?,45?,46?,48?,49+,50?,51?,52-,53-,54-,55-,56-,57-,61?,62-,63-/m0/s1. The first kappa shape index (κ1) is 88.3. The van der Waals surface area contributed by atoms with Crippen LogP contribution in [-0.2, 0) is 62.3 Å². The molecule has 0 aromatic carbocycles. The lowest BCUT2D eigenvalue weighted by Gasteiger charge is -2.42. The Morgan fingerprint density at radius 3 is 1.76 bits per heavy atom. The van der Waals surface area contributed by atoms with Gasteiger partial charge in [0.2, 0.25) is 70.9 Å². The van der Waals surface area contributed by atoms with Crippen LogP contribution in [0.15, 0.2) is 0 Å². The number of carbonyl (C=O) groups excluding carboxylic acids is 12. The van der Waals surface area contributed by atoms with Gasteiger partial charge in [-0.25, -0.2) is 8.78 Å². The molecule has 7 fully saturated rings. The summed E-state index contributed by atoms with van der Waals surface area (Å²) < 4.78 is 122. The van der Waals surface area contributed by atoms with E-state index in [1.165, 1.54) is 71.1 Å². The van der Waals surface area contributed by atoms with Crippen LogP contribution in [0.4, 0.5) is 35.1 Å². The number of fused-ring (bicyclic) bond motifs is 3. The topological polar surface area (TPSA) is 279 Å². The zero-order valence-corrected chi connectivity index (χ0v) is 65.4. The number of halogens is 8. The number of hydrogen-bond acceptors (Lipinski definition) is 13. The van der Waals surface area contributed by atoms with Crippen molar-refractivity contribution in [1.29, 1.82) is 0 Å². The number of nitrogens with zero attached hydrogens (tertiary/aromatic N) is 9. The maximum absolute atomic E-state index is 15.7. The van der Waals surface area contributed by atoms with E-state index < -0.39 is 230 Å². The van der Waals surface area contributed by atoms with Crippen molar-refractivity contribution in [3.63, 3.8) is 0 Å². The Morgan fingerprint density at radius 1 is 0.602 bits per heavy atom. The van der Waals surface area contributed by atoms with Gasteiger partial charge in [0.15, 0.2) is 0 Å². The molecule has 33 heteroatoms. The van der Waals surface area contributed by atoms with Crippen molar-refractivity contribution >= 4 is 70.9 Å². The van der Waals surface area contributed by atoms with Gasteiger partial charge >= 0.3 is 12.4 Å². The van der Waals surface area contributed by atoms with Gasteiger partial charge in [-0.2, -0.15) is 26.3 Å². The smallest absolute Gasteiger partial charge is 0.377 e. The van der Waals surface area contributed by atoms with E-state index in [1.54, 1.807) is 27.7 Å². The average molecular weight is 1550 g/mol. The molecule has 108 heavy (non-hydrogen) atoms. The normalized spacial score (nSPS) is 33.2. The second kappa shape index (κ2) is 37.4. The minimum Gasteiger partial charge on any atom is -0.377 e. The first-order chi connectivity index (χ1) is 50.5. The Morgan fingerprint density at radius 2 is 1.20 bits per heavy atom. The average Bonchev–Trinajstić information content (AvgIpc) is 1.62. The molecule has 25 nitrogen and oxygen atoms in total. The molecule has 3 aliphatic heterocycles. The van der Waals surface area contributed by atoms with Gasteiger partial charge in [-0.05, 0) is 139 Å². The van der Waals surface area contributed by atoms with Gasteiger partial charge in [0.25, 0.3) is 0 Å². The lowest BCUT2D eigenvalue weighted by atomic mass is 9.76. The lowest BCUT2D eigenvalue weighted by Crippen LogP contribution is -2.65. The third-order valence-corrected chi connectivity index (χ3v) is 24.8. The molecule has 3 heterocycles. The Kier molecular flexibility index (Phi) is 30.5. The van der Waals surface area contributed by atoms with Crippen molar-refractivity contribution in [2.45, 2.75) is 267 Å². The van der Waals surface area contributed by atoms with E-state index in [9.17, 15) is 55.1 Å². The molecular weight excluding hydrogens is 1430 g/mol. The van der Waals surface area contributed by atoms with Crippen LogP contribution in [0.1, 0.15) is 183 Å². The van der Waals surface area contributed by atoms with Crippen molar-refractivity contribution in [1.82, 2.24) is 60.0 Å². The molecule has 612 valence electrons. The third kappa shape index (κ3) is 20.8. The molecule has 1 spiro atoms. The highest BCUT2D eigenvalue weighted by Gasteiger charge is 2.56. The molecule has 3 N–H and O–H groups in total. The number of likely N-dealkylation sites (N-methyl/N-ethyl adjacent to an activating group) is 7. The summed E-state index contributed by atoms with van der Waals surface area (Å²) in [6.45, 7) is 8.62. The molecule has 0 radical (unpaired) electrons. The van der Waals surface area contributed by atoms with Crippen LogP contribution in [0.2, 0.25) is 0 Å². The Labute approximate surface area is 630 Å². The third-order valence-electron chi connectivity index (χ3n) is 24.8. The lowest BCUT2D eigenvalue weighted by molar-refractivity contribution is -0.219. The van der Waals surface area contributed by atoms with Gasteiger partial charge < -0.3 is 64.8 Å². The van der Waals surface area contributed by atoms with Crippen molar-refractivity contribution in [3.8, 4) is 0 Å². The molecular formula is C75H118F8N12O13. The van der Waals surface area contributed by atoms with Crippen molar-refractivity contribution < 1.29 is 97.4 Å². The summed E-state index contributed by atoms with van der Waals surface area (Å²) in [6.07, 6.45) is -16.2. The Hall–Kier alpha value is -6.96. The highest BCUT2D eigenvalue weighted by molar-refractivity contribution is 6.01. The zero-order valence-electron chi connectivity index (χ0n) is 65.4. The highest BCUT2D eigenvalue weighted by Crippen LogP contribution is 2.46. The summed E-state index contributed by atoms with van der Waals surface area (Å²) in [6, 6.07) is -11.3. The summed E-state index contributed by atoms with van der Waals surface area (Å²) in [5.74, 6) is -17.4. The zero-order chi connectivity index (χ0) is 80.5. The second-order valence-electron chi connectivity index (χ2n) is 32.4. The highest BCUT2D eigenvalue weighted by atomic mass is 19.4. The van der Waals surface area contributed by atoms with Crippen LogP contribution in [-0.4, -0.2) is 289 Å². The van der Waals surface area contributed by atoms with Gasteiger partial charge in [0, 0.05) is 82.5 Å². The molecule has 12 amide bonds. The molecule has 14 atom stereocenters. The molecule has 7 rings (SSSR count). The molecule has 3 saturated heterocycles. The summed E-state index contributed by atoms with van der Waals surface area (Å²) in [5.41, 5.74) is -1.72. The van der Waals surface area contributed by atoms with E-state index in [1.807, 2.05) is 13.8 Å². The maximum atomic E-state index is 15.7. The predicted octanol–water partition coefficient (Wildman–Crippen LogP) is 6.43. The molecule has 3 unspecified atom stereocenters. The van der Waals surface area contributed by atoms with Gasteiger partial charge in [0.1, 0.15) is 72.1 Å². The number of alkyl halides is 8. The molecule has 0 aromatic heterocycles. The number of carbonyl (C=O) groups is 12. The molecule has 7 aliphatic rings. The van der Waals surface area contributed by atoms with Crippen LogP contribution in [0.5, 0.6) is 0 Å². The van der Waals surface area contributed by atoms with E-state index in [2.05, 4.69) is 16.0 Å². The molecule has 0 aromatic rings. The number of nitrogens with one attached hydrogen (secondary N) is 3. The fraction of sp³-hybridized carbons (Fsp3) is 0.840. The van der Waals surface area contributed by atoms with E-state index in [0.717, 1.165) is 29.4 Å². The fourth-order valence-corrected chi connectivity index (χ4v) is 17.7. The number of hydrogen-bond donors (Lipinski definition) is 3. The monoisotopic (exact) mass is 1550 g/mol.